The normalized spacial score (nSPS) is 13.8. The third-order valence-corrected chi connectivity index (χ3v) is 5.52. The Bertz CT molecular complexity index is 1090. The summed E-state index contributed by atoms with van der Waals surface area (Å²) in [4.78, 5) is 28.4. The molecule has 166 valence electrons. The predicted molar refractivity (Wildman–Crippen MR) is 121 cm³/mol. The zero-order chi connectivity index (χ0) is 22.3. The summed E-state index contributed by atoms with van der Waals surface area (Å²) in [5.41, 5.74) is 0. The maximum Gasteiger partial charge on any atom is 0.260 e. The number of phenols is 1. The van der Waals surface area contributed by atoms with E-state index in [0.29, 0.717) is 32.8 Å². The fourth-order valence-corrected chi connectivity index (χ4v) is 3.74. The molecule has 0 radical (unpaired) electrons. The van der Waals surface area contributed by atoms with Crippen molar-refractivity contribution in [1.29, 1.82) is 0 Å². The van der Waals surface area contributed by atoms with Gasteiger partial charge in [0.25, 0.3) is 5.91 Å². The summed E-state index contributed by atoms with van der Waals surface area (Å²) >= 11 is 0. The first kappa shape index (κ1) is 21.5. The standard InChI is InChI=1S/C25H26N2O5/c28-21-9-3-4-10-23(21)32-18-25(30)27-15-13-26(14-16-27)24(29)12-17-31-22-11-5-7-19-6-1-2-8-20(19)22/h1-11,28H,12-18H2. The Balaban J connectivity index is 1.20. The molecule has 1 saturated heterocycles. The van der Waals surface area contributed by atoms with Gasteiger partial charge >= 0.3 is 0 Å². The number of nitrogens with zero attached hydrogens (tertiary/aromatic N) is 2. The second-order valence-corrected chi connectivity index (χ2v) is 7.59. The molecule has 0 bridgehead atoms. The van der Waals surface area contributed by atoms with E-state index in [1.807, 2.05) is 42.5 Å². The van der Waals surface area contributed by atoms with Gasteiger partial charge in [0.2, 0.25) is 5.91 Å². The van der Waals surface area contributed by atoms with Crippen LogP contribution in [0.25, 0.3) is 10.8 Å². The number of piperazine rings is 1. The first-order valence-electron chi connectivity index (χ1n) is 10.7. The number of rotatable bonds is 7. The Morgan fingerprint density at radius 1 is 0.750 bits per heavy atom. The number of para-hydroxylation sites is 2. The zero-order valence-corrected chi connectivity index (χ0v) is 17.8. The van der Waals surface area contributed by atoms with E-state index in [0.717, 1.165) is 16.5 Å². The molecule has 0 saturated carbocycles. The minimum absolute atomic E-state index is 0.00133. The number of fused-ring (bicyclic) bond motifs is 1. The van der Waals surface area contributed by atoms with Gasteiger partial charge < -0.3 is 24.4 Å². The lowest BCUT2D eigenvalue weighted by Gasteiger charge is -2.34. The third kappa shape index (κ3) is 5.11. The fraction of sp³-hybridized carbons (Fsp3) is 0.280. The lowest BCUT2D eigenvalue weighted by atomic mass is 10.1. The second-order valence-electron chi connectivity index (χ2n) is 7.59. The Labute approximate surface area is 186 Å². The smallest absolute Gasteiger partial charge is 0.260 e. The minimum atomic E-state index is -0.167. The van der Waals surface area contributed by atoms with E-state index in [4.69, 9.17) is 9.47 Å². The van der Waals surface area contributed by atoms with Gasteiger partial charge in [0, 0.05) is 31.6 Å². The molecule has 7 nitrogen and oxygen atoms in total. The molecular formula is C25H26N2O5. The lowest BCUT2D eigenvalue weighted by Crippen LogP contribution is -2.51. The summed E-state index contributed by atoms with van der Waals surface area (Å²) in [7, 11) is 0. The molecule has 1 heterocycles. The van der Waals surface area contributed by atoms with Crippen molar-refractivity contribution in [1.82, 2.24) is 9.80 Å². The topological polar surface area (TPSA) is 79.3 Å². The average molecular weight is 434 g/mol. The number of carbonyl (C=O) groups excluding carboxylic acids is 2. The minimum Gasteiger partial charge on any atom is -0.504 e. The molecule has 0 atom stereocenters. The van der Waals surface area contributed by atoms with E-state index in [1.54, 1.807) is 28.0 Å². The summed E-state index contributed by atoms with van der Waals surface area (Å²) in [5, 5.41) is 11.8. The number of aromatic hydroxyl groups is 1. The van der Waals surface area contributed by atoms with Crippen LogP contribution in [0.5, 0.6) is 17.2 Å². The fourth-order valence-electron chi connectivity index (χ4n) is 3.74. The molecule has 1 fully saturated rings. The van der Waals surface area contributed by atoms with Gasteiger partial charge in [-0.1, -0.05) is 48.5 Å². The number of hydrogen-bond acceptors (Lipinski definition) is 5. The molecule has 1 aliphatic heterocycles. The van der Waals surface area contributed by atoms with Gasteiger partial charge in [-0.3, -0.25) is 9.59 Å². The van der Waals surface area contributed by atoms with E-state index < -0.39 is 0 Å². The van der Waals surface area contributed by atoms with Gasteiger partial charge in [-0.15, -0.1) is 0 Å². The monoisotopic (exact) mass is 434 g/mol. The molecule has 2 amide bonds. The summed E-state index contributed by atoms with van der Waals surface area (Å²) in [6.07, 6.45) is 0.285. The van der Waals surface area contributed by atoms with Crippen LogP contribution in [0.15, 0.2) is 66.7 Å². The second kappa shape index (κ2) is 10.0. The van der Waals surface area contributed by atoms with Crippen LogP contribution >= 0.6 is 0 Å². The summed E-state index contributed by atoms with van der Waals surface area (Å²) < 4.78 is 11.3. The van der Waals surface area contributed by atoms with Crippen LogP contribution in [0, 0.1) is 0 Å². The van der Waals surface area contributed by atoms with Crippen molar-refractivity contribution in [3.05, 3.63) is 66.7 Å². The van der Waals surface area contributed by atoms with Gasteiger partial charge in [-0.25, -0.2) is 0 Å². The highest BCUT2D eigenvalue weighted by Crippen LogP contribution is 2.25. The van der Waals surface area contributed by atoms with Crippen molar-refractivity contribution in [2.24, 2.45) is 0 Å². The molecule has 0 spiro atoms. The Hall–Kier alpha value is -3.74. The van der Waals surface area contributed by atoms with Crippen LogP contribution in [0.1, 0.15) is 6.42 Å². The predicted octanol–water partition coefficient (Wildman–Crippen LogP) is 3.06. The van der Waals surface area contributed by atoms with Crippen molar-refractivity contribution in [2.75, 3.05) is 39.4 Å². The molecule has 3 aromatic carbocycles. The van der Waals surface area contributed by atoms with Crippen LogP contribution in [0.3, 0.4) is 0 Å². The van der Waals surface area contributed by atoms with Gasteiger partial charge in [-0.2, -0.15) is 0 Å². The SMILES string of the molecule is O=C(CCOc1cccc2ccccc12)N1CCN(C(=O)COc2ccccc2O)CC1. The Morgan fingerprint density at radius 2 is 1.38 bits per heavy atom. The molecule has 32 heavy (non-hydrogen) atoms. The van der Waals surface area contributed by atoms with E-state index in [1.165, 1.54) is 6.07 Å². The molecule has 0 aliphatic carbocycles. The first-order valence-corrected chi connectivity index (χ1v) is 10.7. The maximum absolute atomic E-state index is 12.6. The summed E-state index contributed by atoms with van der Waals surface area (Å²) in [6, 6.07) is 20.4. The van der Waals surface area contributed by atoms with E-state index in [9.17, 15) is 14.7 Å². The van der Waals surface area contributed by atoms with Gasteiger partial charge in [0.05, 0.1) is 13.0 Å². The highest BCUT2D eigenvalue weighted by Gasteiger charge is 2.24. The van der Waals surface area contributed by atoms with Gasteiger partial charge in [0.1, 0.15) is 5.75 Å². The molecule has 1 N–H and O–H groups in total. The number of phenolic OH excluding ortho intramolecular Hbond substituents is 1. The highest BCUT2D eigenvalue weighted by molar-refractivity contribution is 5.88. The number of amides is 2. The zero-order valence-electron chi connectivity index (χ0n) is 17.8. The third-order valence-electron chi connectivity index (χ3n) is 5.52. The molecule has 3 aromatic rings. The van der Waals surface area contributed by atoms with Crippen molar-refractivity contribution >= 4 is 22.6 Å². The molecule has 0 aromatic heterocycles. The van der Waals surface area contributed by atoms with Crippen LogP contribution in [0.4, 0.5) is 0 Å². The summed E-state index contributed by atoms with van der Waals surface area (Å²) in [6.45, 7) is 2.04. The van der Waals surface area contributed by atoms with Crippen molar-refractivity contribution < 1.29 is 24.2 Å². The number of ether oxygens (including phenoxy) is 2. The van der Waals surface area contributed by atoms with Crippen LogP contribution in [-0.4, -0.2) is 66.1 Å². The Kier molecular flexibility index (Phi) is 6.75. The molecular weight excluding hydrogens is 408 g/mol. The van der Waals surface area contributed by atoms with E-state index in [2.05, 4.69) is 0 Å². The molecule has 4 rings (SSSR count). The highest BCUT2D eigenvalue weighted by atomic mass is 16.5. The molecule has 0 unspecified atom stereocenters. The Morgan fingerprint density at radius 3 is 2.16 bits per heavy atom. The van der Waals surface area contributed by atoms with Gasteiger partial charge in [0.15, 0.2) is 18.1 Å². The van der Waals surface area contributed by atoms with E-state index >= 15 is 0 Å². The lowest BCUT2D eigenvalue weighted by molar-refractivity contribution is -0.141. The van der Waals surface area contributed by atoms with Crippen molar-refractivity contribution in [3.8, 4) is 17.2 Å². The van der Waals surface area contributed by atoms with Gasteiger partial charge in [-0.05, 0) is 23.6 Å². The molecule has 7 heteroatoms. The van der Waals surface area contributed by atoms with Crippen LogP contribution in [-0.2, 0) is 9.59 Å². The maximum atomic E-state index is 12.6. The molecule has 1 aliphatic rings. The summed E-state index contributed by atoms with van der Waals surface area (Å²) in [5.74, 6) is 0.903. The number of carbonyl (C=O) groups is 2. The van der Waals surface area contributed by atoms with Crippen molar-refractivity contribution in [3.63, 3.8) is 0 Å². The quantitative estimate of drug-likeness (QED) is 0.618. The number of benzene rings is 3. The largest absolute Gasteiger partial charge is 0.504 e. The van der Waals surface area contributed by atoms with E-state index in [-0.39, 0.29) is 36.3 Å². The van der Waals surface area contributed by atoms with Crippen molar-refractivity contribution in [2.45, 2.75) is 6.42 Å². The average Bonchev–Trinajstić information content (AvgIpc) is 2.83. The van der Waals surface area contributed by atoms with Crippen LogP contribution < -0.4 is 9.47 Å². The number of hydrogen-bond donors (Lipinski definition) is 1. The first-order chi connectivity index (χ1) is 15.6. The van der Waals surface area contributed by atoms with Crippen LogP contribution in [0.2, 0.25) is 0 Å².